The third kappa shape index (κ3) is 6.48. The maximum absolute atomic E-state index is 14.8. The molecule has 0 bridgehead atoms. The van der Waals surface area contributed by atoms with Crippen molar-refractivity contribution in [1.29, 1.82) is 0 Å². The van der Waals surface area contributed by atoms with Gasteiger partial charge in [0.05, 0.1) is 17.4 Å². The number of hydrogen-bond donors (Lipinski definition) is 2. The highest BCUT2D eigenvalue weighted by Gasteiger charge is 2.30. The van der Waals surface area contributed by atoms with Crippen LogP contribution in [0.2, 0.25) is 1.41 Å². The molecule has 4 aliphatic rings. The first-order valence-corrected chi connectivity index (χ1v) is 18.1. The van der Waals surface area contributed by atoms with Crippen molar-refractivity contribution in [2.75, 3.05) is 49.5 Å². The van der Waals surface area contributed by atoms with E-state index in [1.165, 1.54) is 13.0 Å². The average molecular weight is 695 g/mol. The quantitative estimate of drug-likeness (QED) is 0.250. The molecule has 0 atom stereocenters. The van der Waals surface area contributed by atoms with E-state index in [1.807, 2.05) is 12.3 Å². The number of piperazine rings is 1. The van der Waals surface area contributed by atoms with Gasteiger partial charge in [-0.2, -0.15) is 4.98 Å². The Bertz CT molecular complexity index is 2090. The van der Waals surface area contributed by atoms with Crippen LogP contribution in [0.5, 0.6) is 0 Å². The molecule has 2 N–H and O–H groups in total. The van der Waals surface area contributed by atoms with Crippen LogP contribution in [0.15, 0.2) is 41.5 Å². The van der Waals surface area contributed by atoms with Crippen LogP contribution in [-0.4, -0.2) is 86.3 Å². The lowest BCUT2D eigenvalue weighted by molar-refractivity contribution is 0.0806. The first kappa shape index (κ1) is 32.2. The molecule has 3 aromatic heterocycles. The lowest BCUT2D eigenvalue weighted by Gasteiger charge is -2.43. The van der Waals surface area contributed by atoms with Gasteiger partial charge >= 0.3 is 0 Å². The number of nitrogens with one attached hydrogen (secondary N) is 2. The summed E-state index contributed by atoms with van der Waals surface area (Å²) in [6.07, 6.45) is 9.53. The normalized spacial score (nSPS) is 19.6. The van der Waals surface area contributed by atoms with Gasteiger partial charge < -0.3 is 15.5 Å². The van der Waals surface area contributed by atoms with Gasteiger partial charge in [0.2, 0.25) is 5.95 Å². The number of nitrogens with zero attached hydrogens (tertiary/aromatic N) is 7. The van der Waals surface area contributed by atoms with Gasteiger partial charge in [-0.25, -0.2) is 14.4 Å². The number of anilines is 3. The molecule has 0 spiro atoms. The van der Waals surface area contributed by atoms with Crippen LogP contribution in [0.25, 0.3) is 11.0 Å². The van der Waals surface area contributed by atoms with E-state index in [2.05, 4.69) is 36.1 Å². The fraction of sp³-hybridized carbons (Fsp3) is 0.474. The highest BCUT2D eigenvalue weighted by atomic mass is 19.1. The summed E-state index contributed by atoms with van der Waals surface area (Å²) in [7, 11) is 0. The molecule has 51 heavy (non-hydrogen) atoms. The highest BCUT2D eigenvalue weighted by molar-refractivity contribution is 5.99. The van der Waals surface area contributed by atoms with E-state index in [-0.39, 0.29) is 35.3 Å². The molecular formula is C38H44FN9O3. The number of carbonyl (C=O) groups excluding carboxylic acids is 2. The van der Waals surface area contributed by atoms with Gasteiger partial charge in [0.1, 0.15) is 17.3 Å². The summed E-state index contributed by atoms with van der Waals surface area (Å²) in [4.78, 5) is 59.2. The van der Waals surface area contributed by atoms with E-state index >= 15 is 0 Å². The summed E-state index contributed by atoms with van der Waals surface area (Å²) in [5.74, 6) is -0.0913. The van der Waals surface area contributed by atoms with Crippen LogP contribution < -0.4 is 21.1 Å². The summed E-state index contributed by atoms with van der Waals surface area (Å²) >= 11 is 0. The number of carbonyl (C=O) groups is 2. The molecule has 266 valence electrons. The van der Waals surface area contributed by atoms with Crippen LogP contribution in [0.4, 0.5) is 21.8 Å². The Balaban J connectivity index is 0.866. The molecule has 1 amide bonds. The zero-order valence-electron chi connectivity index (χ0n) is 30.2. The summed E-state index contributed by atoms with van der Waals surface area (Å²) in [5, 5.41) is 4.81. The fourth-order valence-corrected chi connectivity index (χ4v) is 8.45. The number of fused-ring (bicyclic) bond motifs is 2. The monoisotopic (exact) mass is 694 g/mol. The summed E-state index contributed by atoms with van der Waals surface area (Å²) in [6, 6.07) is 7.56. The smallest absolute Gasteiger partial charge is 0.263 e. The predicted octanol–water partition coefficient (Wildman–Crippen LogP) is 4.73. The zero-order valence-corrected chi connectivity index (χ0v) is 29.2. The van der Waals surface area contributed by atoms with E-state index in [4.69, 9.17) is 6.40 Å². The Hall–Kier alpha value is -4.75. The maximum Gasteiger partial charge on any atom is 0.263 e. The van der Waals surface area contributed by atoms with Crippen LogP contribution in [0.1, 0.15) is 88.9 Å². The highest BCUT2D eigenvalue weighted by Crippen LogP contribution is 2.32. The third-order valence-electron chi connectivity index (χ3n) is 11.3. The van der Waals surface area contributed by atoms with Crippen LogP contribution >= 0.6 is 0 Å². The predicted molar refractivity (Wildman–Crippen MR) is 193 cm³/mol. The maximum atomic E-state index is 14.8. The van der Waals surface area contributed by atoms with Crippen LogP contribution in [-0.2, 0) is 13.1 Å². The van der Waals surface area contributed by atoms with Gasteiger partial charge in [0.15, 0.2) is 7.20 Å². The van der Waals surface area contributed by atoms with Gasteiger partial charge in [-0.05, 0) is 74.9 Å². The topological polar surface area (TPSA) is 129 Å². The molecule has 8 rings (SSSR count). The molecule has 0 radical (unpaired) electrons. The minimum Gasteiger partial charge on any atom is -0.370 e. The Labute approximate surface area is 297 Å². The average Bonchev–Trinajstić information content (AvgIpc) is 3.77. The van der Waals surface area contributed by atoms with Gasteiger partial charge in [-0.3, -0.25) is 28.8 Å². The van der Waals surface area contributed by atoms with Crippen molar-refractivity contribution in [3.63, 3.8) is 0 Å². The summed E-state index contributed by atoms with van der Waals surface area (Å²) in [5.41, 5.74) is 3.80. The molecule has 1 saturated carbocycles. The van der Waals surface area contributed by atoms with E-state index < -0.39 is 5.91 Å². The second-order valence-electron chi connectivity index (χ2n) is 14.4. The molecule has 13 heteroatoms. The number of amides is 1. The SMILES string of the molecule is [2H]N1Cc2cc(CN3CCN(C4CCN(c5ccc(Nc6ncc7c(C)c(C(C)=O)c(=O)n(C8CCCC8)c7n6)nc5)CC4)CC3)c(F)cc2C1=O. The van der Waals surface area contributed by atoms with E-state index in [1.54, 1.807) is 23.8 Å². The number of Topliss-reactive ketones (excluding diaryl/α,β-unsaturated/α-hetero) is 1. The Morgan fingerprint density at radius 2 is 1.76 bits per heavy atom. The van der Waals surface area contributed by atoms with E-state index in [0.29, 0.717) is 52.1 Å². The molecule has 2 saturated heterocycles. The molecule has 1 aromatic carbocycles. The molecule has 3 aliphatic heterocycles. The number of aromatic nitrogens is 4. The van der Waals surface area contributed by atoms with Crippen molar-refractivity contribution < 1.29 is 15.4 Å². The van der Waals surface area contributed by atoms with Crippen molar-refractivity contribution >= 4 is 40.2 Å². The molecule has 1 aliphatic carbocycles. The minimum atomic E-state index is -0.437. The number of halogens is 1. The summed E-state index contributed by atoms with van der Waals surface area (Å²) < 4.78 is 24.3. The number of aryl methyl sites for hydroxylation is 1. The van der Waals surface area contributed by atoms with Crippen LogP contribution in [0.3, 0.4) is 0 Å². The first-order chi connectivity index (χ1) is 25.1. The largest absolute Gasteiger partial charge is 0.370 e. The van der Waals surface area contributed by atoms with E-state index in [0.717, 1.165) is 94.4 Å². The fourth-order valence-electron chi connectivity index (χ4n) is 8.45. The second-order valence-corrected chi connectivity index (χ2v) is 14.4. The van der Waals surface area contributed by atoms with Crippen LogP contribution in [0, 0.1) is 12.7 Å². The third-order valence-corrected chi connectivity index (χ3v) is 11.3. The molecule has 12 nitrogen and oxygen atoms in total. The summed E-state index contributed by atoms with van der Waals surface area (Å²) in [6.45, 7) is 9.39. The molecule has 4 aromatic rings. The van der Waals surface area contributed by atoms with Gasteiger partial charge in [0.25, 0.3) is 11.5 Å². The van der Waals surface area contributed by atoms with Gasteiger partial charge in [0, 0.05) is 87.2 Å². The number of piperidine rings is 1. The van der Waals surface area contributed by atoms with Crippen molar-refractivity contribution in [1.82, 2.24) is 34.6 Å². The Morgan fingerprint density at radius 1 is 1.00 bits per heavy atom. The first-order valence-electron chi connectivity index (χ1n) is 18.6. The number of benzene rings is 1. The number of ketones is 1. The lowest BCUT2D eigenvalue weighted by Crippen LogP contribution is -2.53. The molecular weight excluding hydrogens is 649 g/mol. The van der Waals surface area contributed by atoms with Gasteiger partial charge in [-0.1, -0.05) is 12.8 Å². The van der Waals surface area contributed by atoms with Crippen molar-refractivity contribution in [2.45, 2.75) is 77.5 Å². The van der Waals surface area contributed by atoms with Gasteiger partial charge in [-0.15, -0.1) is 0 Å². The second kappa shape index (κ2) is 13.8. The standard InChI is InChI=1S/C38H44FN9O3/c1-23-31-21-42-38(44-35(31)48(28-5-3-4-6-28)37(51)34(23)24(2)49)43-33-8-7-29(20-40-33)46-11-9-27(10-12-46)47-15-13-45(14-16-47)22-26-17-25-19-41-36(50)30(25)18-32(26)39/h7-8,17-18,20-21,27-28H,3-6,9-16,19,22H2,1-2H3,(H,41,50)(H,40,42,43,44)/i/hD. The lowest BCUT2D eigenvalue weighted by atomic mass is 10.0. The number of rotatable bonds is 8. The number of hydrogen-bond acceptors (Lipinski definition) is 10. The van der Waals surface area contributed by atoms with Crippen molar-refractivity contribution in [3.05, 3.63) is 80.6 Å². The number of pyridine rings is 2. The Kier molecular flexibility index (Phi) is 8.68. The zero-order chi connectivity index (χ0) is 36.1. The Morgan fingerprint density at radius 3 is 2.47 bits per heavy atom. The minimum absolute atomic E-state index is 0.0151. The molecule has 6 heterocycles. The molecule has 3 fully saturated rings. The molecule has 0 unspecified atom stereocenters. The van der Waals surface area contributed by atoms with E-state index in [9.17, 15) is 18.8 Å². The van der Waals surface area contributed by atoms with Crippen molar-refractivity contribution in [3.8, 4) is 0 Å². The van der Waals surface area contributed by atoms with Crippen molar-refractivity contribution in [2.24, 2.45) is 0 Å².